The van der Waals surface area contributed by atoms with E-state index in [1.54, 1.807) is 11.1 Å². The highest BCUT2D eigenvalue weighted by atomic mass is 14.9. The number of rotatable bonds is 1. The van der Waals surface area contributed by atoms with Gasteiger partial charge in [-0.25, -0.2) is 4.57 Å². The highest BCUT2D eigenvalue weighted by molar-refractivity contribution is 5.94. The first kappa shape index (κ1) is 14.2. The SMILES string of the molecule is Cc1ccc2c(-c3cc4c(cc3C)CC3CC4C3)[n+](C)ccc2c1. The van der Waals surface area contributed by atoms with E-state index in [-0.39, 0.29) is 0 Å². The van der Waals surface area contributed by atoms with Gasteiger partial charge in [-0.1, -0.05) is 23.8 Å². The molecule has 0 aliphatic heterocycles. The van der Waals surface area contributed by atoms with Crippen molar-refractivity contribution >= 4 is 10.8 Å². The number of aryl methyl sites for hydroxylation is 3. The Balaban J connectivity index is 1.79. The normalized spacial score (nSPS) is 21.5. The van der Waals surface area contributed by atoms with Crippen LogP contribution in [0, 0.1) is 19.8 Å². The molecule has 1 aromatic heterocycles. The summed E-state index contributed by atoms with van der Waals surface area (Å²) in [6.45, 7) is 4.45. The fraction of sp³-hybridized carbons (Fsp3) is 0.348. The molecule has 1 fully saturated rings. The summed E-state index contributed by atoms with van der Waals surface area (Å²) in [4.78, 5) is 0. The molecule has 0 N–H and O–H groups in total. The topological polar surface area (TPSA) is 3.88 Å². The number of fused-ring (bicyclic) bond motifs is 1. The van der Waals surface area contributed by atoms with E-state index >= 15 is 0 Å². The van der Waals surface area contributed by atoms with Crippen LogP contribution in [0.2, 0.25) is 0 Å². The zero-order valence-electron chi connectivity index (χ0n) is 14.8. The molecule has 2 bridgehead atoms. The summed E-state index contributed by atoms with van der Waals surface area (Å²) in [5, 5.41) is 2.69. The maximum absolute atomic E-state index is 2.51. The van der Waals surface area contributed by atoms with Crippen LogP contribution in [-0.2, 0) is 13.5 Å². The van der Waals surface area contributed by atoms with Gasteiger partial charge in [0.25, 0.3) is 0 Å². The lowest BCUT2D eigenvalue weighted by molar-refractivity contribution is -0.659. The van der Waals surface area contributed by atoms with Crippen LogP contribution in [-0.4, -0.2) is 0 Å². The Kier molecular flexibility index (Phi) is 2.92. The number of aromatic nitrogens is 1. The van der Waals surface area contributed by atoms with Gasteiger partial charge >= 0.3 is 0 Å². The van der Waals surface area contributed by atoms with Crippen LogP contribution >= 0.6 is 0 Å². The van der Waals surface area contributed by atoms with Crippen molar-refractivity contribution in [3.63, 3.8) is 0 Å². The second-order valence-corrected chi connectivity index (χ2v) is 7.97. The van der Waals surface area contributed by atoms with Crippen molar-refractivity contribution in [1.82, 2.24) is 0 Å². The molecule has 3 aliphatic carbocycles. The Morgan fingerprint density at radius 3 is 2.67 bits per heavy atom. The maximum Gasteiger partial charge on any atom is 0.220 e. The Hall–Kier alpha value is -2.15. The molecule has 0 radical (unpaired) electrons. The number of pyridine rings is 1. The first-order valence-corrected chi connectivity index (χ1v) is 9.13. The van der Waals surface area contributed by atoms with E-state index in [1.165, 1.54) is 52.4 Å². The lowest BCUT2D eigenvalue weighted by Gasteiger charge is -2.43. The van der Waals surface area contributed by atoms with Crippen molar-refractivity contribution in [2.24, 2.45) is 13.0 Å². The average molecular weight is 314 g/mol. The highest BCUT2D eigenvalue weighted by Gasteiger charge is 2.37. The fourth-order valence-electron chi connectivity index (χ4n) is 4.89. The Labute approximate surface area is 144 Å². The van der Waals surface area contributed by atoms with Gasteiger partial charge in [0.1, 0.15) is 7.05 Å². The molecule has 24 heavy (non-hydrogen) atoms. The minimum Gasteiger partial charge on any atom is -0.200 e. The smallest absolute Gasteiger partial charge is 0.200 e. The molecule has 3 aromatic rings. The number of benzene rings is 2. The highest BCUT2D eigenvalue weighted by Crippen LogP contribution is 2.50. The van der Waals surface area contributed by atoms with Gasteiger partial charge in [-0.3, -0.25) is 0 Å². The second-order valence-electron chi connectivity index (χ2n) is 7.97. The van der Waals surface area contributed by atoms with E-state index < -0.39 is 0 Å². The van der Waals surface area contributed by atoms with E-state index in [4.69, 9.17) is 0 Å². The standard InChI is InChI=1S/C23H24N/c1-14-4-5-20-17(8-14)6-7-24(3)23(20)21-13-22-18(9-15(21)2)10-16-11-19(22)12-16/h4-9,13,16,19H,10-12H2,1-3H3/q+1. The van der Waals surface area contributed by atoms with Crippen molar-refractivity contribution in [2.45, 2.75) is 39.0 Å². The molecule has 0 spiro atoms. The zero-order chi connectivity index (χ0) is 16.4. The van der Waals surface area contributed by atoms with E-state index in [1.807, 2.05) is 0 Å². The van der Waals surface area contributed by atoms with Crippen molar-refractivity contribution < 1.29 is 4.57 Å². The lowest BCUT2D eigenvalue weighted by Crippen LogP contribution is -2.32. The van der Waals surface area contributed by atoms with Gasteiger partial charge in [0, 0.05) is 6.07 Å². The third-order valence-electron chi connectivity index (χ3n) is 6.22. The number of nitrogens with zero attached hydrogens (tertiary/aromatic N) is 1. The average Bonchev–Trinajstić information content (AvgIpc) is 2.53. The van der Waals surface area contributed by atoms with Crippen LogP contribution in [0.15, 0.2) is 42.6 Å². The van der Waals surface area contributed by atoms with Gasteiger partial charge in [-0.05, 0) is 79.2 Å². The van der Waals surface area contributed by atoms with Crippen LogP contribution in [0.25, 0.3) is 22.0 Å². The van der Waals surface area contributed by atoms with E-state index in [2.05, 4.69) is 68.1 Å². The van der Waals surface area contributed by atoms with Crippen molar-refractivity contribution in [2.75, 3.05) is 0 Å². The van der Waals surface area contributed by atoms with Crippen LogP contribution in [0.1, 0.15) is 41.0 Å². The first-order valence-electron chi connectivity index (χ1n) is 9.13. The fourth-order valence-corrected chi connectivity index (χ4v) is 4.89. The Morgan fingerprint density at radius 2 is 1.83 bits per heavy atom. The number of hydrogen-bond donors (Lipinski definition) is 0. The van der Waals surface area contributed by atoms with Crippen LogP contribution in [0.5, 0.6) is 0 Å². The molecule has 1 saturated carbocycles. The van der Waals surface area contributed by atoms with Gasteiger partial charge in [-0.2, -0.15) is 0 Å². The molecule has 0 amide bonds. The van der Waals surface area contributed by atoms with Crippen LogP contribution < -0.4 is 4.57 Å². The molecule has 1 nitrogen and oxygen atoms in total. The van der Waals surface area contributed by atoms with Crippen molar-refractivity contribution in [1.29, 1.82) is 0 Å². The summed E-state index contributed by atoms with van der Waals surface area (Å²) in [6.07, 6.45) is 6.33. The molecule has 3 aliphatic rings. The third kappa shape index (κ3) is 1.97. The van der Waals surface area contributed by atoms with Gasteiger partial charge in [0.2, 0.25) is 5.69 Å². The summed E-state index contributed by atoms with van der Waals surface area (Å²) >= 11 is 0. The maximum atomic E-state index is 2.51. The third-order valence-corrected chi connectivity index (χ3v) is 6.22. The van der Waals surface area contributed by atoms with Gasteiger partial charge in [-0.15, -0.1) is 0 Å². The summed E-state index contributed by atoms with van der Waals surface area (Å²) in [5.41, 5.74) is 8.75. The molecule has 0 saturated heterocycles. The van der Waals surface area contributed by atoms with Crippen LogP contribution in [0.3, 0.4) is 0 Å². The summed E-state index contributed by atoms with van der Waals surface area (Å²) in [5.74, 6) is 1.78. The first-order chi connectivity index (χ1) is 11.6. The monoisotopic (exact) mass is 314 g/mol. The minimum absolute atomic E-state index is 0.820. The molecule has 120 valence electrons. The zero-order valence-corrected chi connectivity index (χ0v) is 14.8. The molecule has 1 heteroatoms. The molecule has 0 unspecified atom stereocenters. The predicted molar refractivity (Wildman–Crippen MR) is 99.2 cm³/mol. The van der Waals surface area contributed by atoms with Crippen molar-refractivity contribution in [3.05, 3.63) is 64.8 Å². The largest absolute Gasteiger partial charge is 0.220 e. The molecule has 0 atom stereocenters. The Morgan fingerprint density at radius 1 is 1.00 bits per heavy atom. The molecule has 6 rings (SSSR count). The molecular weight excluding hydrogens is 290 g/mol. The van der Waals surface area contributed by atoms with E-state index in [9.17, 15) is 0 Å². The predicted octanol–water partition coefficient (Wildman–Crippen LogP) is 5.00. The quantitative estimate of drug-likeness (QED) is 0.557. The minimum atomic E-state index is 0.820. The molecule has 2 aromatic carbocycles. The van der Waals surface area contributed by atoms with Gasteiger partial charge in [0.15, 0.2) is 6.20 Å². The molecular formula is C23H24N+. The summed E-state index contributed by atoms with van der Waals surface area (Å²) in [6, 6.07) is 14.0. The van der Waals surface area contributed by atoms with E-state index in [0.29, 0.717) is 0 Å². The van der Waals surface area contributed by atoms with Gasteiger partial charge in [0.05, 0.1) is 10.9 Å². The number of hydrogen-bond acceptors (Lipinski definition) is 0. The summed E-state index contributed by atoms with van der Waals surface area (Å²) in [7, 11) is 2.17. The summed E-state index contributed by atoms with van der Waals surface area (Å²) < 4.78 is 2.29. The lowest BCUT2D eigenvalue weighted by atomic mass is 9.62. The molecule has 1 heterocycles. The van der Waals surface area contributed by atoms with Gasteiger partial charge < -0.3 is 0 Å². The van der Waals surface area contributed by atoms with Crippen LogP contribution in [0.4, 0.5) is 0 Å². The second kappa shape index (κ2) is 4.92. The Bertz CT molecular complexity index is 977. The van der Waals surface area contributed by atoms with E-state index in [0.717, 1.165) is 11.8 Å². The van der Waals surface area contributed by atoms with Crippen molar-refractivity contribution in [3.8, 4) is 11.3 Å².